The Morgan fingerprint density at radius 1 is 0.621 bits per heavy atom. The van der Waals surface area contributed by atoms with Crippen molar-refractivity contribution in [3.63, 3.8) is 0 Å². The zero-order valence-corrected chi connectivity index (χ0v) is 19.5. The second-order valence-electron chi connectivity index (χ2n) is 5.94. The van der Waals surface area contributed by atoms with Crippen LogP contribution in [-0.4, -0.2) is 73.8 Å². The Morgan fingerprint density at radius 2 is 0.966 bits per heavy atom. The predicted octanol–water partition coefficient (Wildman–Crippen LogP) is -1.46. The Hall–Kier alpha value is -0.995. The van der Waals surface area contributed by atoms with Gasteiger partial charge in [0.2, 0.25) is 0 Å². The monoisotopic (exact) mass is 490 g/mol. The van der Waals surface area contributed by atoms with Crippen LogP contribution in [0.5, 0.6) is 0 Å². The molecule has 0 atom stereocenters. The maximum atomic E-state index is 12.8. The summed E-state index contributed by atoms with van der Waals surface area (Å²) in [5.41, 5.74) is -0.916. The largest absolute Gasteiger partial charge is 0.489 e. The number of hydrogen-bond acceptors (Lipinski definition) is 10. The van der Waals surface area contributed by atoms with E-state index in [0.29, 0.717) is 6.07 Å². The van der Waals surface area contributed by atoms with Crippen LogP contribution in [0.2, 0.25) is 0 Å². The number of sulfone groups is 4. The summed E-state index contributed by atoms with van der Waals surface area (Å²) in [6, 6.07) is 0.517. The van der Waals surface area contributed by atoms with Gasteiger partial charge in [-0.2, -0.15) is 0 Å². The molecule has 0 saturated carbocycles. The van der Waals surface area contributed by atoms with Crippen LogP contribution in [0.15, 0.2) is 25.6 Å². The molecule has 0 spiro atoms. The first-order chi connectivity index (χ1) is 13.0. The van der Waals surface area contributed by atoms with Gasteiger partial charge in [-0.25, -0.2) is 33.7 Å². The molecular weight excluding hydrogens is 467 g/mol. The van der Waals surface area contributed by atoms with E-state index in [1.54, 1.807) is 0 Å². The van der Waals surface area contributed by atoms with Gasteiger partial charge < -0.3 is 10.0 Å². The number of hydrogen-bond donors (Lipinski definition) is 2. The molecule has 0 bridgehead atoms. The predicted molar refractivity (Wildman–Crippen MR) is 107 cm³/mol. The molecule has 1 rings (SSSR count). The highest BCUT2D eigenvalue weighted by Crippen LogP contribution is 2.35. The van der Waals surface area contributed by atoms with Crippen molar-refractivity contribution in [2.75, 3.05) is 23.0 Å². The maximum Gasteiger partial charge on any atom is 0.489 e. The molecule has 0 aliphatic carbocycles. The number of rotatable bonds is 9. The van der Waals surface area contributed by atoms with Crippen molar-refractivity contribution in [3.8, 4) is 0 Å². The first-order valence-electron chi connectivity index (χ1n) is 8.52. The van der Waals surface area contributed by atoms with Gasteiger partial charge in [-0.1, -0.05) is 27.7 Å². The molecule has 29 heavy (non-hydrogen) atoms. The summed E-state index contributed by atoms with van der Waals surface area (Å²) in [5, 5.41) is 19.4. The molecule has 0 radical (unpaired) electrons. The van der Waals surface area contributed by atoms with Crippen molar-refractivity contribution in [1.82, 2.24) is 0 Å². The first kappa shape index (κ1) is 26.0. The van der Waals surface area contributed by atoms with Gasteiger partial charge in [0.05, 0.1) is 32.8 Å². The van der Waals surface area contributed by atoms with Gasteiger partial charge in [0.1, 0.15) is 9.79 Å². The van der Waals surface area contributed by atoms with Crippen molar-refractivity contribution in [2.45, 2.75) is 47.3 Å². The van der Waals surface area contributed by atoms with E-state index in [2.05, 4.69) is 0 Å². The van der Waals surface area contributed by atoms with Gasteiger partial charge in [0.15, 0.2) is 39.3 Å². The standard InChI is InChI=1S/C14H23BO10S4/c1-5-26(18,19)11-9-10(15(16)17)12(27(20,21)6-2)14(29(24,25)8-4)13(11)28(22,23)7-3/h9,16-17H,5-8H2,1-4H3. The minimum absolute atomic E-state index is 0.517. The summed E-state index contributed by atoms with van der Waals surface area (Å²) in [7, 11) is -20.7. The Balaban J connectivity index is 4.74. The highest BCUT2D eigenvalue weighted by molar-refractivity contribution is 7.97. The summed E-state index contributed by atoms with van der Waals surface area (Å²) in [6.45, 7) is 4.59. The molecule has 15 heteroatoms. The molecule has 166 valence electrons. The fourth-order valence-electron chi connectivity index (χ4n) is 2.53. The zero-order chi connectivity index (χ0) is 23.0. The molecule has 0 unspecified atom stereocenters. The average molecular weight is 490 g/mol. The Labute approximate surface area is 171 Å². The lowest BCUT2D eigenvalue weighted by molar-refractivity contribution is 0.424. The van der Waals surface area contributed by atoms with E-state index >= 15 is 0 Å². The smallest absolute Gasteiger partial charge is 0.423 e. The van der Waals surface area contributed by atoms with Gasteiger partial charge in [-0.15, -0.1) is 0 Å². The van der Waals surface area contributed by atoms with Crippen LogP contribution in [0, 0.1) is 0 Å². The second kappa shape index (κ2) is 8.63. The average Bonchev–Trinajstić information content (AvgIpc) is 2.65. The molecule has 2 N–H and O–H groups in total. The highest BCUT2D eigenvalue weighted by Gasteiger charge is 2.41. The Morgan fingerprint density at radius 3 is 1.31 bits per heavy atom. The van der Waals surface area contributed by atoms with Gasteiger partial charge in [0, 0.05) is 5.46 Å². The lowest BCUT2D eigenvalue weighted by Crippen LogP contribution is -2.38. The molecule has 0 aromatic heterocycles. The molecule has 1 aromatic carbocycles. The van der Waals surface area contributed by atoms with Crippen LogP contribution in [-0.2, 0) is 39.3 Å². The minimum atomic E-state index is -4.64. The van der Waals surface area contributed by atoms with Crippen molar-refractivity contribution in [3.05, 3.63) is 6.07 Å². The molecular formula is C14H23BO10S4. The molecule has 0 aliphatic rings. The van der Waals surface area contributed by atoms with Crippen LogP contribution < -0.4 is 5.46 Å². The lowest BCUT2D eigenvalue weighted by atomic mass is 9.80. The molecule has 1 aromatic rings. The number of benzene rings is 1. The third kappa shape index (κ3) is 4.85. The minimum Gasteiger partial charge on any atom is -0.423 e. The normalized spacial score (nSPS) is 13.4. The van der Waals surface area contributed by atoms with E-state index in [9.17, 15) is 43.7 Å². The molecule has 0 fully saturated rings. The summed E-state index contributed by atoms with van der Waals surface area (Å²) >= 11 is 0. The van der Waals surface area contributed by atoms with Crippen molar-refractivity contribution >= 4 is 51.9 Å². The van der Waals surface area contributed by atoms with E-state index in [1.807, 2.05) is 0 Å². The van der Waals surface area contributed by atoms with Crippen LogP contribution in [0.1, 0.15) is 27.7 Å². The Kier molecular flexibility index (Phi) is 7.75. The highest BCUT2D eigenvalue weighted by atomic mass is 32.2. The third-order valence-corrected chi connectivity index (χ3v) is 11.8. The molecule has 0 saturated heterocycles. The lowest BCUT2D eigenvalue weighted by Gasteiger charge is -2.21. The van der Waals surface area contributed by atoms with Crippen molar-refractivity contribution in [2.24, 2.45) is 0 Å². The van der Waals surface area contributed by atoms with E-state index < -0.39 is 94.5 Å². The van der Waals surface area contributed by atoms with Crippen LogP contribution in [0.4, 0.5) is 0 Å². The van der Waals surface area contributed by atoms with Crippen molar-refractivity contribution < 1.29 is 43.7 Å². The van der Waals surface area contributed by atoms with E-state index in [-0.39, 0.29) is 0 Å². The zero-order valence-electron chi connectivity index (χ0n) is 16.3. The summed E-state index contributed by atoms with van der Waals surface area (Å²) in [4.78, 5) is -4.48. The first-order valence-corrected chi connectivity index (χ1v) is 15.1. The van der Waals surface area contributed by atoms with Crippen LogP contribution >= 0.6 is 0 Å². The van der Waals surface area contributed by atoms with Gasteiger partial charge in [0.25, 0.3) is 0 Å². The van der Waals surface area contributed by atoms with Crippen molar-refractivity contribution in [1.29, 1.82) is 0 Å². The van der Waals surface area contributed by atoms with Gasteiger partial charge >= 0.3 is 7.12 Å². The maximum absolute atomic E-state index is 12.8. The fraction of sp³-hybridized carbons (Fsp3) is 0.571. The molecule has 0 amide bonds. The van der Waals surface area contributed by atoms with Gasteiger partial charge in [-0.05, 0) is 6.07 Å². The third-order valence-electron chi connectivity index (χ3n) is 4.25. The fourth-order valence-corrected chi connectivity index (χ4v) is 9.26. The van der Waals surface area contributed by atoms with E-state index in [0.717, 1.165) is 20.8 Å². The quantitative estimate of drug-likeness (QED) is 0.389. The van der Waals surface area contributed by atoms with E-state index in [1.165, 1.54) is 6.92 Å². The SMILES string of the molecule is CCS(=O)(=O)c1cc(B(O)O)c(S(=O)(=O)CC)c(S(=O)(=O)CC)c1S(=O)(=O)CC. The summed E-state index contributed by atoms with van der Waals surface area (Å²) < 4.78 is 102. The topological polar surface area (TPSA) is 177 Å². The Bertz CT molecular complexity index is 1210. The molecule has 0 aliphatic heterocycles. The second-order valence-corrected chi connectivity index (χ2v) is 14.8. The molecule has 0 heterocycles. The summed E-state index contributed by atoms with van der Waals surface area (Å²) in [6.07, 6.45) is 0. The van der Waals surface area contributed by atoms with Crippen LogP contribution in [0.25, 0.3) is 0 Å². The van der Waals surface area contributed by atoms with Gasteiger partial charge in [-0.3, -0.25) is 0 Å². The summed E-state index contributed by atoms with van der Waals surface area (Å²) in [5.74, 6) is -2.78. The van der Waals surface area contributed by atoms with Crippen LogP contribution in [0.3, 0.4) is 0 Å². The molecule has 10 nitrogen and oxygen atoms in total. The van der Waals surface area contributed by atoms with E-state index in [4.69, 9.17) is 0 Å².